The molecule has 2 aromatic rings. The van der Waals surface area contributed by atoms with Gasteiger partial charge in [0, 0.05) is 5.41 Å². The lowest BCUT2D eigenvalue weighted by atomic mass is 9.78. The molecular weight excluding hydrogens is 266 g/mol. The van der Waals surface area contributed by atoms with Crippen molar-refractivity contribution in [2.75, 3.05) is 14.2 Å². The van der Waals surface area contributed by atoms with Crippen molar-refractivity contribution in [3.63, 3.8) is 0 Å². The van der Waals surface area contributed by atoms with Crippen LogP contribution < -0.4 is 14.8 Å². The normalized spacial score (nSPS) is 12.8. The highest BCUT2D eigenvalue weighted by Crippen LogP contribution is 2.33. The van der Waals surface area contributed by atoms with E-state index in [4.69, 9.17) is 9.57 Å². The van der Waals surface area contributed by atoms with E-state index < -0.39 is 0 Å². The molecule has 21 heavy (non-hydrogen) atoms. The summed E-state index contributed by atoms with van der Waals surface area (Å²) in [4.78, 5) is 5.06. The first kappa shape index (κ1) is 15.4. The van der Waals surface area contributed by atoms with Gasteiger partial charge in [-0.3, -0.25) is 0 Å². The first-order chi connectivity index (χ1) is 9.93. The number of ether oxygens (including phenoxy) is 1. The quantitative estimate of drug-likeness (QED) is 0.859. The van der Waals surface area contributed by atoms with Crippen LogP contribution in [0.15, 0.2) is 48.5 Å². The van der Waals surface area contributed by atoms with Gasteiger partial charge in [-0.25, -0.2) is 0 Å². The molecule has 0 heterocycles. The molecule has 0 radical (unpaired) electrons. The van der Waals surface area contributed by atoms with Gasteiger partial charge in [-0.15, -0.1) is 0 Å². The van der Waals surface area contributed by atoms with Gasteiger partial charge in [0.05, 0.1) is 7.11 Å². The first-order valence-electron chi connectivity index (χ1n) is 6.87. The third-order valence-electron chi connectivity index (χ3n) is 3.65. The fraction of sp³-hybridized carbons (Fsp3) is 0.294. The molecule has 0 aromatic heterocycles. The molecule has 0 fully saturated rings. The van der Waals surface area contributed by atoms with Gasteiger partial charge in [-0.2, -0.15) is 5.23 Å². The molecule has 0 aliphatic heterocycles. The van der Waals surface area contributed by atoms with Crippen LogP contribution in [0.3, 0.4) is 0 Å². The second-order valence-electron chi connectivity index (χ2n) is 5.47. The summed E-state index contributed by atoms with van der Waals surface area (Å²) in [6.45, 7) is 4.32. The van der Waals surface area contributed by atoms with Crippen LogP contribution in [0.1, 0.15) is 25.0 Å². The summed E-state index contributed by atoms with van der Waals surface area (Å²) < 4.78 is 5.19. The van der Waals surface area contributed by atoms with Crippen LogP contribution in [-0.4, -0.2) is 14.2 Å². The van der Waals surface area contributed by atoms with Gasteiger partial charge in [-0.05, 0) is 35.4 Å². The van der Waals surface area contributed by atoms with Crippen molar-refractivity contribution in [1.29, 1.82) is 0 Å². The molecule has 0 bridgehead atoms. The molecule has 1 atom stereocenters. The number of hydrogen-bond acceptors (Lipinski definition) is 3. The maximum Gasteiger partial charge on any atom is 0.190 e. The number of rotatable bonds is 5. The Labute approximate surface area is 125 Å². The van der Waals surface area contributed by atoms with Crippen molar-refractivity contribution >= 4 is 0 Å². The molecule has 1 N–H and O–H groups in total. The van der Waals surface area contributed by atoms with Crippen LogP contribution in [0, 0.1) is 5.21 Å². The van der Waals surface area contributed by atoms with Gasteiger partial charge >= 0.3 is 0 Å². The van der Waals surface area contributed by atoms with Crippen molar-refractivity contribution < 1.29 is 14.8 Å². The molecule has 112 valence electrons. The van der Waals surface area contributed by atoms with Gasteiger partial charge in [-0.1, -0.05) is 38.1 Å². The van der Waals surface area contributed by atoms with E-state index in [9.17, 15) is 5.21 Å². The van der Waals surface area contributed by atoms with Crippen LogP contribution in [0.5, 0.6) is 11.5 Å². The summed E-state index contributed by atoms with van der Waals surface area (Å²) in [5, 5.41) is 10.6. The summed E-state index contributed by atoms with van der Waals surface area (Å²) in [6.07, 6.45) is 0. The number of quaternary nitrogens is 1. The number of hydrogen-bond donors (Lipinski definition) is 1. The molecule has 2 rings (SSSR count). The summed E-state index contributed by atoms with van der Waals surface area (Å²) in [5.41, 5.74) is 2.22. The minimum Gasteiger partial charge on any atom is -0.591 e. The van der Waals surface area contributed by atoms with E-state index >= 15 is 0 Å². The highest BCUT2D eigenvalue weighted by molar-refractivity contribution is 5.41. The third-order valence-corrected chi connectivity index (χ3v) is 3.65. The van der Waals surface area contributed by atoms with E-state index in [2.05, 4.69) is 26.0 Å². The standard InChI is InChI=1S/C17H21NO3/c1-17(2,13-5-9-15(20-4)10-6-13)14-7-11-16(12-8-14)21-18(3)19/h5-12,18H,1-4H3. The maximum atomic E-state index is 10.9. The van der Waals surface area contributed by atoms with Gasteiger partial charge < -0.3 is 14.8 Å². The Balaban J connectivity index is 2.25. The van der Waals surface area contributed by atoms with E-state index in [1.54, 1.807) is 7.11 Å². The Bertz CT molecular complexity index is 574. The summed E-state index contributed by atoms with van der Waals surface area (Å²) in [5.74, 6) is 1.41. The van der Waals surface area contributed by atoms with Crippen LogP contribution in [0.2, 0.25) is 0 Å². The fourth-order valence-electron chi connectivity index (χ4n) is 2.28. The van der Waals surface area contributed by atoms with E-state index in [0.717, 1.165) is 11.3 Å². The zero-order chi connectivity index (χ0) is 15.5. The number of methoxy groups -OCH3 is 1. The maximum absolute atomic E-state index is 10.9. The Morgan fingerprint density at radius 3 is 1.67 bits per heavy atom. The van der Waals surface area contributed by atoms with Crippen LogP contribution >= 0.6 is 0 Å². The second kappa shape index (κ2) is 6.16. The molecule has 0 saturated heterocycles. The Kier molecular flexibility index (Phi) is 4.50. The third kappa shape index (κ3) is 3.54. The summed E-state index contributed by atoms with van der Waals surface area (Å²) >= 11 is 0. The average Bonchev–Trinajstić information content (AvgIpc) is 2.47. The molecule has 0 aliphatic carbocycles. The fourth-order valence-corrected chi connectivity index (χ4v) is 2.28. The number of hydroxylamine groups is 2. The minimum absolute atomic E-state index is 0.138. The van der Waals surface area contributed by atoms with E-state index in [0.29, 0.717) is 5.75 Å². The van der Waals surface area contributed by atoms with Gasteiger partial charge in [0.25, 0.3) is 0 Å². The van der Waals surface area contributed by atoms with Gasteiger partial charge in [0.2, 0.25) is 0 Å². The predicted molar refractivity (Wildman–Crippen MR) is 82.4 cm³/mol. The topological polar surface area (TPSA) is 46.0 Å². The van der Waals surface area contributed by atoms with Gasteiger partial charge in [0.1, 0.15) is 12.8 Å². The zero-order valence-electron chi connectivity index (χ0n) is 12.8. The van der Waals surface area contributed by atoms with E-state index in [1.165, 1.54) is 12.6 Å². The summed E-state index contributed by atoms with van der Waals surface area (Å²) in [7, 11) is 3.06. The smallest absolute Gasteiger partial charge is 0.190 e. The van der Waals surface area contributed by atoms with Crippen molar-refractivity contribution in [3.05, 3.63) is 64.9 Å². The predicted octanol–water partition coefficient (Wildman–Crippen LogP) is 2.33. The molecule has 4 heteroatoms. The lowest BCUT2D eigenvalue weighted by molar-refractivity contribution is -1.00. The monoisotopic (exact) mass is 287 g/mol. The molecule has 0 amide bonds. The molecule has 0 aliphatic rings. The Morgan fingerprint density at radius 1 is 0.857 bits per heavy atom. The Morgan fingerprint density at radius 2 is 1.29 bits per heavy atom. The zero-order valence-corrected chi connectivity index (χ0v) is 12.8. The minimum atomic E-state index is -0.308. The summed E-state index contributed by atoms with van der Waals surface area (Å²) in [6, 6.07) is 15.7. The molecule has 4 nitrogen and oxygen atoms in total. The van der Waals surface area contributed by atoms with Gasteiger partial charge in [0.15, 0.2) is 5.75 Å². The van der Waals surface area contributed by atoms with Crippen molar-refractivity contribution in [2.24, 2.45) is 0 Å². The highest BCUT2D eigenvalue weighted by Gasteiger charge is 2.23. The molecule has 0 spiro atoms. The molecule has 1 unspecified atom stereocenters. The van der Waals surface area contributed by atoms with Crippen molar-refractivity contribution in [2.45, 2.75) is 19.3 Å². The van der Waals surface area contributed by atoms with Crippen LogP contribution in [0.4, 0.5) is 0 Å². The molecular formula is C17H21NO3. The number of nitrogens with one attached hydrogen (secondary N) is 1. The molecule has 2 aromatic carbocycles. The van der Waals surface area contributed by atoms with Crippen molar-refractivity contribution in [1.82, 2.24) is 0 Å². The lowest BCUT2D eigenvalue weighted by Gasteiger charge is -2.26. The first-order valence-corrected chi connectivity index (χ1v) is 6.87. The molecule has 0 saturated carbocycles. The average molecular weight is 287 g/mol. The Hall–Kier alpha value is -2.04. The largest absolute Gasteiger partial charge is 0.591 e. The van der Waals surface area contributed by atoms with Crippen molar-refractivity contribution in [3.8, 4) is 11.5 Å². The van der Waals surface area contributed by atoms with Crippen LogP contribution in [0.25, 0.3) is 0 Å². The lowest BCUT2D eigenvalue weighted by Crippen LogP contribution is -3.05. The number of benzene rings is 2. The highest BCUT2D eigenvalue weighted by atomic mass is 16.9. The van der Waals surface area contributed by atoms with E-state index in [-0.39, 0.29) is 10.6 Å². The second-order valence-corrected chi connectivity index (χ2v) is 5.47. The van der Waals surface area contributed by atoms with E-state index in [1.807, 2.05) is 36.4 Å². The van der Waals surface area contributed by atoms with Crippen LogP contribution in [-0.2, 0) is 5.41 Å². The SMILES string of the molecule is COc1ccc(C(C)(C)c2ccc(O[NH+](C)[O-])cc2)cc1.